The van der Waals surface area contributed by atoms with Crippen LogP contribution in [0.3, 0.4) is 0 Å². The van der Waals surface area contributed by atoms with Gasteiger partial charge in [0, 0.05) is 24.2 Å². The van der Waals surface area contributed by atoms with E-state index in [0.717, 1.165) is 0 Å². The van der Waals surface area contributed by atoms with Crippen LogP contribution in [0.4, 0.5) is 0 Å². The maximum Gasteiger partial charge on any atom is 0.244 e. The van der Waals surface area contributed by atoms with Crippen molar-refractivity contribution in [3.8, 4) is 0 Å². The fourth-order valence-corrected chi connectivity index (χ4v) is 4.04. The first-order valence-electron chi connectivity index (χ1n) is 5.12. The topological polar surface area (TPSA) is 63.4 Å². The maximum absolute atomic E-state index is 12.3. The SMILES string of the molecule is Cl.NC1CCN(S(=O)(=O)c2cc(Cl)ccc2Cl)C1. The van der Waals surface area contributed by atoms with E-state index in [9.17, 15) is 8.42 Å². The van der Waals surface area contributed by atoms with Gasteiger partial charge >= 0.3 is 0 Å². The maximum atomic E-state index is 12.3. The van der Waals surface area contributed by atoms with Crippen molar-refractivity contribution in [2.45, 2.75) is 17.4 Å². The zero-order chi connectivity index (χ0) is 12.6. The molecule has 0 spiro atoms. The number of nitrogens with zero attached hydrogens (tertiary/aromatic N) is 1. The van der Waals surface area contributed by atoms with Crippen molar-refractivity contribution in [3.05, 3.63) is 28.2 Å². The lowest BCUT2D eigenvalue weighted by Gasteiger charge is -2.16. The van der Waals surface area contributed by atoms with Crippen molar-refractivity contribution >= 4 is 45.6 Å². The molecule has 4 nitrogen and oxygen atoms in total. The molecule has 0 saturated carbocycles. The summed E-state index contributed by atoms with van der Waals surface area (Å²) in [6.45, 7) is 0.748. The van der Waals surface area contributed by atoms with Crippen molar-refractivity contribution in [3.63, 3.8) is 0 Å². The molecule has 1 saturated heterocycles. The summed E-state index contributed by atoms with van der Waals surface area (Å²) in [6.07, 6.45) is 0.664. The Morgan fingerprint density at radius 3 is 2.56 bits per heavy atom. The fourth-order valence-electron chi connectivity index (χ4n) is 1.79. The minimum Gasteiger partial charge on any atom is -0.326 e. The van der Waals surface area contributed by atoms with Crippen molar-refractivity contribution < 1.29 is 8.42 Å². The van der Waals surface area contributed by atoms with Crippen LogP contribution in [0.5, 0.6) is 0 Å². The highest BCUT2D eigenvalue weighted by molar-refractivity contribution is 7.89. The Balaban J connectivity index is 0.00000162. The summed E-state index contributed by atoms with van der Waals surface area (Å²) in [5, 5.41) is 0.520. The van der Waals surface area contributed by atoms with Gasteiger partial charge in [0.05, 0.1) is 5.02 Å². The summed E-state index contributed by atoms with van der Waals surface area (Å²) in [5.41, 5.74) is 5.70. The van der Waals surface area contributed by atoms with Gasteiger partial charge in [-0.15, -0.1) is 12.4 Å². The molecular formula is C10H13Cl3N2O2S. The number of hydrogen-bond acceptors (Lipinski definition) is 3. The van der Waals surface area contributed by atoms with Gasteiger partial charge in [-0.05, 0) is 24.6 Å². The van der Waals surface area contributed by atoms with Crippen molar-refractivity contribution in [1.82, 2.24) is 4.31 Å². The van der Waals surface area contributed by atoms with Gasteiger partial charge in [0.15, 0.2) is 0 Å². The second-order valence-electron chi connectivity index (χ2n) is 3.99. The van der Waals surface area contributed by atoms with E-state index in [1.54, 1.807) is 6.07 Å². The molecule has 0 aromatic heterocycles. The molecule has 1 heterocycles. The third-order valence-corrected chi connectivity index (χ3v) is 5.28. The number of hydrogen-bond donors (Lipinski definition) is 1. The van der Waals surface area contributed by atoms with Crippen LogP contribution in [0.1, 0.15) is 6.42 Å². The summed E-state index contributed by atoms with van der Waals surface area (Å²) in [4.78, 5) is 0.0424. The molecule has 1 aliphatic rings. The number of halogens is 3. The van der Waals surface area contributed by atoms with Gasteiger partial charge in [0.1, 0.15) is 4.90 Å². The number of sulfonamides is 1. The highest BCUT2D eigenvalue weighted by Gasteiger charge is 2.32. The minimum absolute atomic E-state index is 0. The molecule has 0 aliphatic carbocycles. The van der Waals surface area contributed by atoms with E-state index in [1.807, 2.05) is 0 Å². The standard InChI is InChI=1S/C10H12Cl2N2O2S.ClH/c11-7-1-2-9(12)10(5-7)17(15,16)14-4-3-8(13)6-14;/h1-2,5,8H,3-4,6,13H2;1H. The Hall–Kier alpha value is -0.0400. The number of benzene rings is 1. The zero-order valence-corrected chi connectivity index (χ0v) is 12.5. The molecule has 0 radical (unpaired) electrons. The fraction of sp³-hybridized carbons (Fsp3) is 0.400. The smallest absolute Gasteiger partial charge is 0.244 e. The molecular weight excluding hydrogens is 319 g/mol. The monoisotopic (exact) mass is 330 g/mol. The van der Waals surface area contributed by atoms with Crippen LogP contribution in [0.15, 0.2) is 23.1 Å². The van der Waals surface area contributed by atoms with Crippen LogP contribution < -0.4 is 5.73 Å². The normalized spacial score (nSPS) is 20.7. The van der Waals surface area contributed by atoms with Gasteiger partial charge in [-0.1, -0.05) is 23.2 Å². The van der Waals surface area contributed by atoms with Crippen molar-refractivity contribution in [2.75, 3.05) is 13.1 Å². The highest BCUT2D eigenvalue weighted by atomic mass is 35.5. The molecule has 0 amide bonds. The Morgan fingerprint density at radius 1 is 1.33 bits per heavy atom. The van der Waals surface area contributed by atoms with E-state index in [-0.39, 0.29) is 28.4 Å². The summed E-state index contributed by atoms with van der Waals surface area (Å²) in [5.74, 6) is 0. The van der Waals surface area contributed by atoms with Gasteiger partial charge < -0.3 is 5.73 Å². The minimum atomic E-state index is -3.59. The van der Waals surface area contributed by atoms with Crippen LogP contribution in [0.2, 0.25) is 10.0 Å². The van der Waals surface area contributed by atoms with E-state index in [1.165, 1.54) is 16.4 Å². The molecule has 1 unspecified atom stereocenters. The van der Waals surface area contributed by atoms with E-state index in [4.69, 9.17) is 28.9 Å². The zero-order valence-electron chi connectivity index (χ0n) is 9.34. The molecule has 0 bridgehead atoms. The Bertz CT molecular complexity index is 536. The Morgan fingerprint density at radius 2 is 2.00 bits per heavy atom. The second kappa shape index (κ2) is 5.94. The quantitative estimate of drug-likeness (QED) is 0.903. The molecule has 102 valence electrons. The lowest BCUT2D eigenvalue weighted by Crippen LogP contribution is -2.32. The van der Waals surface area contributed by atoms with Gasteiger partial charge in [0.25, 0.3) is 0 Å². The molecule has 1 aliphatic heterocycles. The summed E-state index contributed by atoms with van der Waals surface area (Å²) < 4.78 is 25.9. The van der Waals surface area contributed by atoms with Crippen LogP contribution >= 0.6 is 35.6 Å². The summed E-state index contributed by atoms with van der Waals surface area (Å²) >= 11 is 11.7. The third-order valence-electron chi connectivity index (χ3n) is 2.70. The Kier molecular flexibility index (Phi) is 5.29. The summed E-state index contributed by atoms with van der Waals surface area (Å²) in [6, 6.07) is 4.29. The van der Waals surface area contributed by atoms with E-state index >= 15 is 0 Å². The van der Waals surface area contributed by atoms with Crippen molar-refractivity contribution in [1.29, 1.82) is 0 Å². The van der Waals surface area contributed by atoms with Gasteiger partial charge in [-0.25, -0.2) is 8.42 Å². The largest absolute Gasteiger partial charge is 0.326 e. The number of rotatable bonds is 2. The molecule has 1 aromatic rings. The van der Waals surface area contributed by atoms with Crippen LogP contribution in [-0.4, -0.2) is 31.9 Å². The molecule has 2 N–H and O–H groups in total. The lowest BCUT2D eigenvalue weighted by molar-refractivity contribution is 0.472. The lowest BCUT2D eigenvalue weighted by atomic mass is 10.3. The Labute approximate surface area is 123 Å². The van der Waals surface area contributed by atoms with Crippen LogP contribution in [0.25, 0.3) is 0 Å². The predicted molar refractivity (Wildman–Crippen MR) is 75.1 cm³/mol. The molecule has 1 aromatic carbocycles. The van der Waals surface area contributed by atoms with Gasteiger partial charge in [0.2, 0.25) is 10.0 Å². The first-order valence-corrected chi connectivity index (χ1v) is 7.31. The molecule has 18 heavy (non-hydrogen) atoms. The summed E-state index contributed by atoms with van der Waals surface area (Å²) in [7, 11) is -3.59. The van der Waals surface area contributed by atoms with E-state index < -0.39 is 10.0 Å². The first-order chi connectivity index (χ1) is 7.91. The first kappa shape index (κ1) is 16.0. The molecule has 1 fully saturated rings. The van der Waals surface area contributed by atoms with Gasteiger partial charge in [-0.3, -0.25) is 0 Å². The van der Waals surface area contributed by atoms with E-state index in [0.29, 0.717) is 24.5 Å². The van der Waals surface area contributed by atoms with Gasteiger partial charge in [-0.2, -0.15) is 4.31 Å². The highest BCUT2D eigenvalue weighted by Crippen LogP contribution is 2.29. The van der Waals surface area contributed by atoms with Crippen LogP contribution in [-0.2, 0) is 10.0 Å². The van der Waals surface area contributed by atoms with Crippen molar-refractivity contribution in [2.24, 2.45) is 5.73 Å². The molecule has 1 atom stereocenters. The van der Waals surface area contributed by atoms with E-state index in [2.05, 4.69) is 0 Å². The second-order valence-corrected chi connectivity index (χ2v) is 6.74. The number of nitrogens with two attached hydrogens (primary N) is 1. The predicted octanol–water partition coefficient (Wildman–Crippen LogP) is 2.14. The average molecular weight is 332 g/mol. The molecule has 2 rings (SSSR count). The molecule has 8 heteroatoms. The average Bonchev–Trinajstić information content (AvgIpc) is 2.69. The van der Waals surface area contributed by atoms with Crippen LogP contribution in [0, 0.1) is 0 Å². The third kappa shape index (κ3) is 3.10.